The molecule has 2 atom stereocenters. The van der Waals surface area contributed by atoms with Crippen molar-refractivity contribution in [3.8, 4) is 0 Å². The lowest BCUT2D eigenvalue weighted by Gasteiger charge is -2.32. The fourth-order valence-corrected chi connectivity index (χ4v) is 8.16. The maximum absolute atomic E-state index is 11.9. The molecule has 0 heterocycles. The first-order valence-electron chi connectivity index (χ1n) is 8.10. The fourth-order valence-electron chi connectivity index (χ4n) is 1.84. The van der Waals surface area contributed by atoms with Crippen LogP contribution in [-0.2, 0) is 21.1 Å². The van der Waals surface area contributed by atoms with Crippen molar-refractivity contribution in [3.05, 3.63) is 30.3 Å². The Bertz CT molecular complexity index is 644. The first-order chi connectivity index (χ1) is 12.2. The van der Waals surface area contributed by atoms with Crippen LogP contribution < -0.4 is 15.3 Å². The number of carbonyl (C=O) groups excluding carboxylic acids is 1. The van der Waals surface area contributed by atoms with Gasteiger partial charge in [0, 0.05) is 18.4 Å². The van der Waals surface area contributed by atoms with Gasteiger partial charge in [0.25, 0.3) is 0 Å². The lowest BCUT2D eigenvalue weighted by atomic mass is 10.4. The highest BCUT2D eigenvalue weighted by Crippen LogP contribution is 2.54. The Hall–Kier alpha value is -0.570. The van der Waals surface area contributed by atoms with Crippen LogP contribution in [0.3, 0.4) is 0 Å². The molecule has 0 radical (unpaired) electrons. The highest BCUT2D eigenvalue weighted by molar-refractivity contribution is 8.81. The molecule has 0 saturated heterocycles. The average Bonchev–Trinajstić information content (AvgIpc) is 2.58. The third-order valence-electron chi connectivity index (χ3n) is 2.85. The number of amides is 1. The molecule has 1 aromatic rings. The summed E-state index contributed by atoms with van der Waals surface area (Å²) in [7, 11) is 3.96. The minimum absolute atomic E-state index is 0.139. The molecule has 1 aromatic carbocycles. The van der Waals surface area contributed by atoms with Crippen molar-refractivity contribution in [2.45, 2.75) is 45.7 Å². The summed E-state index contributed by atoms with van der Waals surface area (Å²) >= 11 is 5.91. The summed E-state index contributed by atoms with van der Waals surface area (Å²) in [6, 6.07) is 9.59. The number of hydrogen-bond donors (Lipinski definition) is 3. The quantitative estimate of drug-likeness (QED) is 0.177. The molecule has 6 nitrogen and oxygen atoms in total. The van der Waals surface area contributed by atoms with Crippen LogP contribution in [0.15, 0.2) is 30.3 Å². The summed E-state index contributed by atoms with van der Waals surface area (Å²) in [5.41, 5.74) is 0. The van der Waals surface area contributed by atoms with Gasteiger partial charge in [-0.25, -0.2) is 4.79 Å². The Morgan fingerprint density at radius 2 is 1.85 bits per heavy atom. The van der Waals surface area contributed by atoms with Crippen molar-refractivity contribution in [1.29, 1.82) is 5.41 Å². The molecule has 0 fully saturated rings. The maximum Gasteiger partial charge on any atom is 0.408 e. The zero-order valence-electron chi connectivity index (χ0n) is 15.5. The monoisotopic (exact) mass is 435 g/mol. The Balaban J connectivity index is 3.22. The van der Waals surface area contributed by atoms with E-state index in [0.29, 0.717) is 0 Å². The summed E-state index contributed by atoms with van der Waals surface area (Å²) in [5, 5.41) is 11.8. The molecule has 2 unspecified atom stereocenters. The topological polar surface area (TPSA) is 83.4 Å². The zero-order valence-corrected chi connectivity index (χ0v) is 18.9. The van der Waals surface area contributed by atoms with Crippen LogP contribution in [0.5, 0.6) is 0 Å². The molecular weight excluding hydrogens is 409 g/mol. The number of rotatable bonds is 9. The fraction of sp³-hybridized carbons (Fsp3) is 0.500. The molecule has 0 aromatic heterocycles. The van der Waals surface area contributed by atoms with Crippen LogP contribution in [0.4, 0.5) is 4.79 Å². The van der Waals surface area contributed by atoms with Crippen molar-refractivity contribution in [2.75, 3.05) is 7.05 Å². The van der Waals surface area contributed by atoms with Crippen molar-refractivity contribution >= 4 is 56.3 Å². The van der Waals surface area contributed by atoms with Gasteiger partial charge in [0.15, 0.2) is 0 Å². The third-order valence-corrected chi connectivity index (χ3v) is 9.35. The standard InChI is InChI=1S/C16H26N3O3PS3/c1-11(2)19-26-25-14(17)15(21-16(20)18-5)23(24,22-12(3)4)13-9-7-6-8-10-13/h6-12,15,17,19H,1-5H3,(H,18,20). The van der Waals surface area contributed by atoms with Crippen LogP contribution in [-0.4, -0.2) is 36.2 Å². The number of hydrogen-bond acceptors (Lipinski definition) is 8. The Kier molecular flexibility index (Phi) is 10.2. The van der Waals surface area contributed by atoms with Crippen molar-refractivity contribution in [1.82, 2.24) is 10.0 Å². The van der Waals surface area contributed by atoms with E-state index in [9.17, 15) is 4.79 Å². The highest BCUT2D eigenvalue weighted by atomic mass is 33.1. The van der Waals surface area contributed by atoms with E-state index < -0.39 is 18.2 Å². The minimum Gasteiger partial charge on any atom is -0.431 e. The molecule has 0 aliphatic carbocycles. The van der Waals surface area contributed by atoms with Crippen molar-refractivity contribution in [3.63, 3.8) is 0 Å². The minimum atomic E-state index is -2.86. The lowest BCUT2D eigenvalue weighted by molar-refractivity contribution is 0.148. The number of alkyl carbamates (subject to hydrolysis) is 1. The lowest BCUT2D eigenvalue weighted by Crippen LogP contribution is -2.34. The SMILES string of the molecule is CNC(=O)OC(C(=N)SSNC(C)C)P(=S)(OC(C)C)c1ccccc1. The summed E-state index contributed by atoms with van der Waals surface area (Å²) in [6.45, 7) is 7.78. The van der Waals surface area contributed by atoms with E-state index in [4.69, 9.17) is 26.5 Å². The average molecular weight is 436 g/mol. The second-order valence-corrected chi connectivity index (χ2v) is 11.9. The van der Waals surface area contributed by atoms with Gasteiger partial charge >= 0.3 is 6.09 Å². The van der Waals surface area contributed by atoms with Crippen LogP contribution in [0, 0.1) is 5.41 Å². The molecule has 3 N–H and O–H groups in total. The third kappa shape index (κ3) is 7.21. The van der Waals surface area contributed by atoms with Gasteiger partial charge in [-0.15, -0.1) is 0 Å². The van der Waals surface area contributed by atoms with Crippen LogP contribution >= 0.6 is 28.0 Å². The highest BCUT2D eigenvalue weighted by Gasteiger charge is 2.39. The Morgan fingerprint density at radius 1 is 1.23 bits per heavy atom. The van der Waals surface area contributed by atoms with E-state index in [1.807, 2.05) is 58.0 Å². The van der Waals surface area contributed by atoms with Crippen LogP contribution in [0.25, 0.3) is 0 Å². The van der Waals surface area contributed by atoms with E-state index in [2.05, 4.69) is 10.0 Å². The summed E-state index contributed by atoms with van der Waals surface area (Å²) in [4.78, 5) is 11.9. The first kappa shape index (κ1) is 23.5. The van der Waals surface area contributed by atoms with Gasteiger partial charge in [-0.05, 0) is 49.5 Å². The molecule has 0 aliphatic rings. The molecule has 0 bridgehead atoms. The van der Waals surface area contributed by atoms with Gasteiger partial charge in [-0.3, -0.25) is 10.1 Å². The van der Waals surface area contributed by atoms with Gasteiger partial charge in [0.1, 0.15) is 11.3 Å². The molecule has 1 amide bonds. The molecule has 0 aliphatic heterocycles. The summed E-state index contributed by atoms with van der Waals surface area (Å²) in [5.74, 6) is -0.964. The van der Waals surface area contributed by atoms with Gasteiger partial charge in [-0.2, -0.15) is 0 Å². The Morgan fingerprint density at radius 3 is 2.35 bits per heavy atom. The number of ether oxygens (including phenoxy) is 1. The van der Waals surface area contributed by atoms with Crippen molar-refractivity contribution < 1.29 is 14.1 Å². The molecule has 146 valence electrons. The smallest absolute Gasteiger partial charge is 0.408 e. The van der Waals surface area contributed by atoms with Crippen LogP contribution in [0.2, 0.25) is 0 Å². The van der Waals surface area contributed by atoms with E-state index in [0.717, 1.165) is 5.30 Å². The number of benzene rings is 1. The van der Waals surface area contributed by atoms with Gasteiger partial charge in [0.05, 0.1) is 6.10 Å². The second kappa shape index (κ2) is 11.3. The van der Waals surface area contributed by atoms with Gasteiger partial charge in [-0.1, -0.05) is 42.1 Å². The molecular formula is C16H26N3O3PS3. The molecule has 0 saturated carbocycles. The van der Waals surface area contributed by atoms with Crippen LogP contribution in [0.1, 0.15) is 27.7 Å². The first-order valence-corrected chi connectivity index (χ1v) is 13.0. The Labute approximate surface area is 168 Å². The predicted molar refractivity (Wildman–Crippen MR) is 117 cm³/mol. The van der Waals surface area contributed by atoms with E-state index in [1.165, 1.54) is 28.8 Å². The van der Waals surface area contributed by atoms with Gasteiger partial charge < -0.3 is 14.6 Å². The van der Waals surface area contributed by atoms with Gasteiger partial charge in [0.2, 0.25) is 5.85 Å². The summed E-state index contributed by atoms with van der Waals surface area (Å²) < 4.78 is 14.8. The maximum atomic E-state index is 11.9. The molecule has 26 heavy (non-hydrogen) atoms. The summed E-state index contributed by atoms with van der Waals surface area (Å²) in [6.07, 6.45) is -3.67. The van der Waals surface area contributed by atoms with E-state index in [1.54, 1.807) is 0 Å². The second-order valence-electron chi connectivity index (χ2n) is 5.90. The van der Waals surface area contributed by atoms with E-state index >= 15 is 0 Å². The largest absolute Gasteiger partial charge is 0.431 e. The normalized spacial score (nSPS) is 14.7. The molecule has 10 heteroatoms. The van der Waals surface area contributed by atoms with Crippen molar-refractivity contribution in [2.24, 2.45) is 0 Å². The molecule has 1 rings (SSSR count). The molecule has 0 spiro atoms. The predicted octanol–water partition coefficient (Wildman–Crippen LogP) is 4.09. The van der Waals surface area contributed by atoms with E-state index in [-0.39, 0.29) is 17.2 Å². The number of carbonyl (C=O) groups is 1. The number of nitrogens with one attached hydrogen (secondary N) is 3. The zero-order chi connectivity index (χ0) is 19.7.